The Morgan fingerprint density at radius 3 is 2.49 bits per heavy atom. The minimum Gasteiger partial charge on any atom is -0.507 e. The van der Waals surface area contributed by atoms with Crippen LogP contribution in [0.25, 0.3) is 11.1 Å². The van der Waals surface area contributed by atoms with Gasteiger partial charge in [-0.3, -0.25) is 19.3 Å². The number of fused-ring (bicyclic) bond motifs is 1. The number of carbonyl (C=O) groups is 3. The number of nitrogens with zero attached hydrogens (tertiary/aromatic N) is 1. The topological polar surface area (TPSA) is 128 Å². The molecule has 0 radical (unpaired) electrons. The molecule has 1 heterocycles. The monoisotopic (exact) mass is 513 g/mol. The summed E-state index contributed by atoms with van der Waals surface area (Å²) in [5, 5.41) is 30.8. The number of rotatable bonds is 14. The van der Waals surface area contributed by atoms with E-state index in [1.165, 1.54) is 6.92 Å². The molecular weight excluding hydrogens is 474 g/mol. The molecule has 3 rings (SSSR count). The minimum absolute atomic E-state index is 0.0226. The summed E-state index contributed by atoms with van der Waals surface area (Å²) in [6.07, 6.45) is 4.36. The third kappa shape index (κ3) is 6.74. The molecule has 0 saturated carbocycles. The van der Waals surface area contributed by atoms with Gasteiger partial charge in [-0.2, -0.15) is 0 Å². The van der Waals surface area contributed by atoms with Gasteiger partial charge < -0.3 is 19.7 Å². The number of aliphatic hydroxyl groups excluding tert-OH is 2. The number of benzene rings is 1. The lowest BCUT2D eigenvalue weighted by atomic mass is 9.72. The number of aliphatic hydroxyl groups is 2. The van der Waals surface area contributed by atoms with E-state index in [1.807, 2.05) is 12.1 Å². The number of hydrogen-bond acceptors (Lipinski definition) is 8. The standard InChI is InChI=1S/C29H39NO7/c1-4-30(5-2)15-22-14-23(21-7-9-37-17-21)24-12-19(13-27(35)28(24)29(22)36)11-20(6-8-31)25(16-32)26(34)10-18(3)33/h7,9,14,17,19-20,25,31-32,36H,4-6,8,10-13,15-16H2,1-3H3. The number of hydrogen-bond donors (Lipinski definition) is 3. The van der Waals surface area contributed by atoms with Crippen molar-refractivity contribution in [1.29, 1.82) is 0 Å². The number of aromatic hydroxyl groups is 1. The lowest BCUT2D eigenvalue weighted by molar-refractivity contribution is -0.131. The van der Waals surface area contributed by atoms with Gasteiger partial charge in [-0.15, -0.1) is 0 Å². The second-order valence-corrected chi connectivity index (χ2v) is 10.1. The van der Waals surface area contributed by atoms with Crippen molar-refractivity contribution in [3.05, 3.63) is 41.3 Å². The van der Waals surface area contributed by atoms with E-state index in [2.05, 4.69) is 18.7 Å². The molecule has 0 saturated heterocycles. The summed E-state index contributed by atoms with van der Waals surface area (Å²) in [6, 6.07) is 3.77. The highest BCUT2D eigenvalue weighted by molar-refractivity contribution is 6.03. The third-order valence-corrected chi connectivity index (χ3v) is 7.59. The molecule has 1 aromatic carbocycles. The Kier molecular flexibility index (Phi) is 10.2. The molecule has 8 nitrogen and oxygen atoms in total. The smallest absolute Gasteiger partial charge is 0.167 e. The normalized spacial score (nSPS) is 17.0. The predicted octanol–water partition coefficient (Wildman–Crippen LogP) is 3.78. The van der Waals surface area contributed by atoms with Gasteiger partial charge in [0.05, 0.1) is 31.1 Å². The van der Waals surface area contributed by atoms with Gasteiger partial charge in [-0.05, 0) is 74.4 Å². The molecule has 1 aliphatic rings. The first-order valence-corrected chi connectivity index (χ1v) is 13.1. The van der Waals surface area contributed by atoms with E-state index in [0.717, 1.165) is 29.8 Å². The molecule has 2 aromatic rings. The van der Waals surface area contributed by atoms with Crippen LogP contribution in [0, 0.1) is 17.8 Å². The molecule has 1 aromatic heterocycles. The van der Waals surface area contributed by atoms with Gasteiger partial charge in [0.1, 0.15) is 17.3 Å². The summed E-state index contributed by atoms with van der Waals surface area (Å²) in [6.45, 7) is 7.00. The fourth-order valence-corrected chi connectivity index (χ4v) is 5.62. The largest absolute Gasteiger partial charge is 0.507 e. The minimum atomic E-state index is -0.772. The number of furan rings is 1. The molecule has 0 amide bonds. The van der Waals surface area contributed by atoms with Crippen LogP contribution in [0.1, 0.15) is 67.9 Å². The summed E-state index contributed by atoms with van der Waals surface area (Å²) >= 11 is 0. The van der Waals surface area contributed by atoms with Crippen LogP contribution in [0.2, 0.25) is 0 Å². The Balaban J connectivity index is 1.98. The van der Waals surface area contributed by atoms with Crippen molar-refractivity contribution in [3.63, 3.8) is 0 Å². The molecule has 202 valence electrons. The van der Waals surface area contributed by atoms with Crippen LogP contribution < -0.4 is 0 Å². The van der Waals surface area contributed by atoms with Gasteiger partial charge in [-0.25, -0.2) is 0 Å². The second kappa shape index (κ2) is 13.1. The number of carbonyl (C=O) groups excluding carboxylic acids is 3. The number of Topliss-reactive ketones (excluding diaryl/α,β-unsaturated/α-hetero) is 3. The quantitative estimate of drug-likeness (QED) is 0.326. The van der Waals surface area contributed by atoms with Gasteiger partial charge in [0.2, 0.25) is 0 Å². The third-order valence-electron chi connectivity index (χ3n) is 7.59. The highest BCUT2D eigenvalue weighted by Gasteiger charge is 2.36. The van der Waals surface area contributed by atoms with Gasteiger partial charge in [0.25, 0.3) is 0 Å². The van der Waals surface area contributed by atoms with E-state index >= 15 is 0 Å². The summed E-state index contributed by atoms with van der Waals surface area (Å²) in [5.41, 5.74) is 3.46. The molecule has 3 unspecified atom stereocenters. The summed E-state index contributed by atoms with van der Waals surface area (Å²) in [4.78, 5) is 39.8. The van der Waals surface area contributed by atoms with Gasteiger partial charge >= 0.3 is 0 Å². The first-order chi connectivity index (χ1) is 17.7. The molecule has 0 aliphatic heterocycles. The van der Waals surface area contributed by atoms with E-state index < -0.39 is 12.5 Å². The maximum atomic E-state index is 13.5. The maximum Gasteiger partial charge on any atom is 0.167 e. The van der Waals surface area contributed by atoms with Gasteiger partial charge in [-0.1, -0.05) is 13.8 Å². The average molecular weight is 514 g/mol. The summed E-state index contributed by atoms with van der Waals surface area (Å²) < 4.78 is 5.33. The molecule has 0 bridgehead atoms. The Hall–Kier alpha value is -2.81. The van der Waals surface area contributed by atoms with E-state index in [-0.39, 0.29) is 60.8 Å². The van der Waals surface area contributed by atoms with Crippen LogP contribution in [-0.2, 0) is 22.6 Å². The average Bonchev–Trinajstić information content (AvgIpc) is 3.38. The maximum absolute atomic E-state index is 13.5. The van der Waals surface area contributed by atoms with Crippen LogP contribution in [0.4, 0.5) is 0 Å². The predicted molar refractivity (Wildman–Crippen MR) is 139 cm³/mol. The van der Waals surface area contributed by atoms with Crippen LogP contribution in [0.5, 0.6) is 5.75 Å². The van der Waals surface area contributed by atoms with Crippen molar-refractivity contribution in [2.45, 2.75) is 59.4 Å². The van der Waals surface area contributed by atoms with E-state index in [1.54, 1.807) is 12.5 Å². The lowest BCUT2D eigenvalue weighted by Crippen LogP contribution is -2.32. The van der Waals surface area contributed by atoms with Crippen molar-refractivity contribution in [3.8, 4) is 16.9 Å². The van der Waals surface area contributed by atoms with Crippen LogP contribution in [0.3, 0.4) is 0 Å². The SMILES string of the molecule is CCN(CC)Cc1cc(-c2ccoc2)c2c(c1O)C(=O)CC(CC(CCO)C(CO)C(=O)CC(C)=O)C2. The van der Waals surface area contributed by atoms with Crippen LogP contribution in [-0.4, -0.2) is 63.9 Å². The van der Waals surface area contributed by atoms with Crippen molar-refractivity contribution in [2.24, 2.45) is 17.8 Å². The molecular formula is C29H39NO7. The van der Waals surface area contributed by atoms with Crippen molar-refractivity contribution in [2.75, 3.05) is 26.3 Å². The van der Waals surface area contributed by atoms with Crippen LogP contribution in [0.15, 0.2) is 29.1 Å². The second-order valence-electron chi connectivity index (χ2n) is 10.1. The van der Waals surface area contributed by atoms with Gasteiger partial charge in [0.15, 0.2) is 5.78 Å². The fraction of sp³-hybridized carbons (Fsp3) is 0.552. The zero-order valence-electron chi connectivity index (χ0n) is 22.0. The Bertz CT molecular complexity index is 1090. The molecule has 0 fully saturated rings. The Morgan fingerprint density at radius 1 is 1.19 bits per heavy atom. The van der Waals surface area contributed by atoms with Gasteiger partial charge in [0, 0.05) is 36.6 Å². The summed E-state index contributed by atoms with van der Waals surface area (Å²) in [5.74, 6) is -2.03. The van der Waals surface area contributed by atoms with Crippen molar-refractivity contribution in [1.82, 2.24) is 4.90 Å². The van der Waals surface area contributed by atoms with Crippen LogP contribution >= 0.6 is 0 Å². The van der Waals surface area contributed by atoms with Crippen molar-refractivity contribution >= 4 is 17.3 Å². The van der Waals surface area contributed by atoms with Crippen molar-refractivity contribution < 1.29 is 34.1 Å². The lowest BCUT2D eigenvalue weighted by Gasteiger charge is -2.32. The number of phenolic OH excluding ortho intramolecular Hbond substituents is 1. The molecule has 3 atom stereocenters. The number of ketones is 3. The zero-order chi connectivity index (χ0) is 27.1. The zero-order valence-corrected chi connectivity index (χ0v) is 22.0. The van der Waals surface area contributed by atoms with E-state index in [4.69, 9.17) is 4.42 Å². The number of phenols is 1. The molecule has 0 spiro atoms. The van der Waals surface area contributed by atoms with E-state index in [9.17, 15) is 29.7 Å². The first kappa shape index (κ1) is 28.8. The highest BCUT2D eigenvalue weighted by Crippen LogP contribution is 2.43. The fourth-order valence-electron chi connectivity index (χ4n) is 5.62. The molecule has 8 heteroatoms. The Labute approximate surface area is 218 Å². The van der Waals surface area contributed by atoms with E-state index in [0.29, 0.717) is 30.5 Å². The first-order valence-electron chi connectivity index (χ1n) is 13.1. The highest BCUT2D eigenvalue weighted by atomic mass is 16.3. The summed E-state index contributed by atoms with van der Waals surface area (Å²) in [7, 11) is 0. The molecule has 3 N–H and O–H groups in total. The molecule has 1 aliphatic carbocycles. The Morgan fingerprint density at radius 2 is 1.92 bits per heavy atom. The molecule has 37 heavy (non-hydrogen) atoms.